The van der Waals surface area contributed by atoms with Crippen LogP contribution in [-0.4, -0.2) is 17.2 Å². The van der Waals surface area contributed by atoms with Gasteiger partial charge in [-0.2, -0.15) is 0 Å². The maximum absolute atomic E-state index is 5.93. The molecule has 0 radical (unpaired) electrons. The lowest BCUT2D eigenvalue weighted by atomic mass is 9.96. The second-order valence-electron chi connectivity index (χ2n) is 3.80. The van der Waals surface area contributed by atoms with Crippen molar-refractivity contribution in [3.63, 3.8) is 0 Å². The highest BCUT2D eigenvalue weighted by Gasteiger charge is 2.27. The van der Waals surface area contributed by atoms with Gasteiger partial charge in [0.05, 0.1) is 11.1 Å². The van der Waals surface area contributed by atoms with Crippen molar-refractivity contribution in [3.05, 3.63) is 0 Å². The van der Waals surface area contributed by atoms with Crippen LogP contribution in [0.2, 0.25) is 0 Å². The van der Waals surface area contributed by atoms with Crippen LogP contribution in [0.25, 0.3) is 0 Å². The van der Waals surface area contributed by atoms with Crippen molar-refractivity contribution in [2.24, 2.45) is 11.1 Å². The summed E-state index contributed by atoms with van der Waals surface area (Å²) in [5.41, 5.74) is 1.18. The summed E-state index contributed by atoms with van der Waals surface area (Å²) in [5.74, 6) is 0.547. The summed E-state index contributed by atoms with van der Waals surface area (Å²) in [4.78, 5) is 5.25. The summed E-state index contributed by atoms with van der Waals surface area (Å²) < 4.78 is 0. The molecule has 0 saturated heterocycles. The molecule has 0 aromatic carbocycles. The van der Waals surface area contributed by atoms with Gasteiger partial charge < -0.3 is 4.84 Å². The highest BCUT2D eigenvalue weighted by molar-refractivity contribution is 6.21. The third kappa shape index (κ3) is 2.87. The van der Waals surface area contributed by atoms with Gasteiger partial charge in [-0.3, -0.25) is 0 Å². The second kappa shape index (κ2) is 4.85. The first-order valence-electron chi connectivity index (χ1n) is 5.01. The van der Waals surface area contributed by atoms with Crippen molar-refractivity contribution in [2.45, 2.75) is 51.5 Å². The molecule has 0 spiro atoms. The Morgan fingerprint density at radius 3 is 2.77 bits per heavy atom. The maximum atomic E-state index is 5.93. The van der Waals surface area contributed by atoms with Gasteiger partial charge in [0.2, 0.25) is 0 Å². The zero-order valence-corrected chi connectivity index (χ0v) is 9.34. The van der Waals surface area contributed by atoms with E-state index in [2.05, 4.69) is 19.0 Å². The van der Waals surface area contributed by atoms with Crippen molar-refractivity contribution >= 4 is 17.3 Å². The molecule has 0 amide bonds. The predicted octanol–water partition coefficient (Wildman–Crippen LogP) is 3.19. The van der Waals surface area contributed by atoms with Crippen LogP contribution in [0.15, 0.2) is 5.16 Å². The molecule has 0 aromatic heterocycles. The van der Waals surface area contributed by atoms with Crippen LogP contribution in [0.1, 0.15) is 40.0 Å². The average Bonchev–Trinajstić information content (AvgIpc) is 2.52. The molecule has 0 N–H and O–H groups in total. The number of alkyl halides is 1. The standard InChI is InChI=1S/C10H18ClNO/c1-4-5-7(2)9-6-10(8(3)11)13-12-9/h7-8,10H,4-6H2,1-3H3. The van der Waals surface area contributed by atoms with Crippen LogP contribution in [-0.2, 0) is 4.84 Å². The zero-order chi connectivity index (χ0) is 9.84. The first-order valence-corrected chi connectivity index (χ1v) is 5.45. The number of oxime groups is 1. The SMILES string of the molecule is CCCC(C)C1=NOC(C(C)Cl)C1. The Morgan fingerprint density at radius 1 is 1.62 bits per heavy atom. The second-order valence-corrected chi connectivity index (χ2v) is 4.49. The van der Waals surface area contributed by atoms with Crippen molar-refractivity contribution < 1.29 is 4.84 Å². The number of halogens is 1. The van der Waals surface area contributed by atoms with Crippen molar-refractivity contribution in [3.8, 4) is 0 Å². The zero-order valence-electron chi connectivity index (χ0n) is 8.59. The van der Waals surface area contributed by atoms with E-state index in [4.69, 9.17) is 16.4 Å². The Morgan fingerprint density at radius 2 is 2.31 bits per heavy atom. The molecule has 0 saturated carbocycles. The molecule has 0 bridgehead atoms. The molecule has 3 atom stereocenters. The Balaban J connectivity index is 2.39. The molecule has 0 aliphatic carbocycles. The Kier molecular flexibility index (Phi) is 4.04. The van der Waals surface area contributed by atoms with Crippen LogP contribution >= 0.6 is 11.6 Å². The van der Waals surface area contributed by atoms with Crippen molar-refractivity contribution in [1.82, 2.24) is 0 Å². The van der Waals surface area contributed by atoms with Crippen LogP contribution in [0, 0.1) is 5.92 Å². The first kappa shape index (κ1) is 10.8. The molecule has 76 valence electrons. The molecular formula is C10H18ClNO. The third-order valence-corrected chi connectivity index (χ3v) is 2.80. The smallest absolute Gasteiger partial charge is 0.148 e. The molecule has 3 heteroatoms. The highest BCUT2D eigenvalue weighted by Crippen LogP contribution is 2.23. The normalized spacial score (nSPS) is 26.5. The van der Waals surface area contributed by atoms with Gasteiger partial charge in [0.25, 0.3) is 0 Å². The molecule has 1 heterocycles. The molecule has 1 rings (SSSR count). The molecule has 13 heavy (non-hydrogen) atoms. The van der Waals surface area contributed by atoms with E-state index in [1.165, 1.54) is 18.6 Å². The van der Waals surface area contributed by atoms with Crippen LogP contribution < -0.4 is 0 Å². The number of rotatable bonds is 4. The van der Waals surface area contributed by atoms with Crippen molar-refractivity contribution in [1.29, 1.82) is 0 Å². The fourth-order valence-corrected chi connectivity index (χ4v) is 1.69. The fraction of sp³-hybridized carbons (Fsp3) is 0.900. The minimum atomic E-state index is 0.0510. The van der Waals surface area contributed by atoms with Gasteiger partial charge in [-0.25, -0.2) is 0 Å². The number of hydrogen-bond acceptors (Lipinski definition) is 2. The van der Waals surface area contributed by atoms with Crippen LogP contribution in [0.5, 0.6) is 0 Å². The first-order chi connectivity index (χ1) is 6.15. The average molecular weight is 204 g/mol. The monoisotopic (exact) mass is 203 g/mol. The maximum Gasteiger partial charge on any atom is 0.148 e. The van der Waals surface area contributed by atoms with E-state index in [0.29, 0.717) is 5.92 Å². The Hall–Kier alpha value is -0.240. The quantitative estimate of drug-likeness (QED) is 0.643. The van der Waals surface area contributed by atoms with Gasteiger partial charge in [0.1, 0.15) is 6.10 Å². The van der Waals surface area contributed by atoms with Gasteiger partial charge in [-0.05, 0) is 19.3 Å². The Bertz CT molecular complexity index is 191. The summed E-state index contributed by atoms with van der Waals surface area (Å²) in [6, 6.07) is 0. The van der Waals surface area contributed by atoms with Crippen molar-refractivity contribution in [2.75, 3.05) is 0 Å². The van der Waals surface area contributed by atoms with Gasteiger partial charge in [-0.1, -0.05) is 25.4 Å². The molecule has 1 aliphatic heterocycles. The lowest BCUT2D eigenvalue weighted by molar-refractivity contribution is 0.0854. The predicted molar refractivity (Wildman–Crippen MR) is 56.3 cm³/mol. The Labute approximate surface area is 85.3 Å². The molecule has 0 aromatic rings. The van der Waals surface area contributed by atoms with E-state index in [0.717, 1.165) is 6.42 Å². The summed E-state index contributed by atoms with van der Waals surface area (Å²) in [6.07, 6.45) is 3.38. The van der Waals surface area contributed by atoms with Gasteiger partial charge in [0, 0.05) is 6.42 Å². The highest BCUT2D eigenvalue weighted by atomic mass is 35.5. The van der Waals surface area contributed by atoms with Crippen LogP contribution in [0.3, 0.4) is 0 Å². The van der Waals surface area contributed by atoms with E-state index < -0.39 is 0 Å². The lowest BCUT2D eigenvalue weighted by Crippen LogP contribution is -2.20. The molecule has 2 nitrogen and oxygen atoms in total. The molecule has 1 aliphatic rings. The molecular weight excluding hydrogens is 186 g/mol. The van der Waals surface area contributed by atoms with Gasteiger partial charge in [-0.15, -0.1) is 11.6 Å². The summed E-state index contributed by atoms with van der Waals surface area (Å²) in [5, 5.41) is 4.14. The van der Waals surface area contributed by atoms with E-state index in [1.54, 1.807) is 0 Å². The molecule has 0 fully saturated rings. The topological polar surface area (TPSA) is 21.6 Å². The number of nitrogens with zero attached hydrogens (tertiary/aromatic N) is 1. The van der Waals surface area contributed by atoms with E-state index in [1.807, 2.05) is 6.92 Å². The minimum absolute atomic E-state index is 0.0510. The van der Waals surface area contributed by atoms with E-state index in [9.17, 15) is 0 Å². The largest absolute Gasteiger partial charge is 0.391 e. The lowest BCUT2D eigenvalue weighted by Gasteiger charge is -2.11. The summed E-state index contributed by atoms with van der Waals surface area (Å²) in [7, 11) is 0. The van der Waals surface area contributed by atoms with Crippen LogP contribution in [0.4, 0.5) is 0 Å². The molecule has 3 unspecified atom stereocenters. The summed E-state index contributed by atoms with van der Waals surface area (Å²) >= 11 is 5.93. The summed E-state index contributed by atoms with van der Waals surface area (Å²) in [6.45, 7) is 6.34. The van der Waals surface area contributed by atoms with Gasteiger partial charge >= 0.3 is 0 Å². The van der Waals surface area contributed by atoms with Gasteiger partial charge in [0.15, 0.2) is 0 Å². The number of hydrogen-bond donors (Lipinski definition) is 0. The fourth-order valence-electron chi connectivity index (χ4n) is 1.55. The third-order valence-electron chi connectivity index (χ3n) is 2.52. The minimum Gasteiger partial charge on any atom is -0.391 e. The van der Waals surface area contributed by atoms with E-state index in [-0.39, 0.29) is 11.5 Å². The van der Waals surface area contributed by atoms with E-state index >= 15 is 0 Å².